The molecule has 1 unspecified atom stereocenters. The highest BCUT2D eigenvalue weighted by Gasteiger charge is 1.99. The number of nitrogens with two attached hydrogens (primary N) is 1. The van der Waals surface area contributed by atoms with Crippen molar-refractivity contribution in [2.24, 2.45) is 5.73 Å². The molecule has 0 saturated carbocycles. The Balaban J connectivity index is 2.57. The predicted octanol–water partition coefficient (Wildman–Crippen LogP) is 2.26. The minimum Gasteiger partial charge on any atom is -0.328 e. The van der Waals surface area contributed by atoms with Crippen LogP contribution in [0.2, 0.25) is 0 Å². The number of aryl methyl sites for hydroxylation is 1. The Hall–Kier alpha value is -0.470. The van der Waals surface area contributed by atoms with Crippen molar-refractivity contribution in [3.05, 3.63) is 29.8 Å². The van der Waals surface area contributed by atoms with E-state index in [0.717, 1.165) is 17.7 Å². The quantitative estimate of drug-likeness (QED) is 0.687. The van der Waals surface area contributed by atoms with Gasteiger partial charge in [0.1, 0.15) is 0 Å². The van der Waals surface area contributed by atoms with Crippen LogP contribution in [0.4, 0.5) is 0 Å². The molecule has 0 radical (unpaired) electrons. The first-order valence-corrected chi connectivity index (χ1v) is 4.67. The lowest BCUT2D eigenvalue weighted by atomic mass is 10.1. The van der Waals surface area contributed by atoms with Crippen LogP contribution in [0.1, 0.15) is 18.9 Å². The summed E-state index contributed by atoms with van der Waals surface area (Å²) in [6.07, 6.45) is 2.05. The molecule has 0 aromatic heterocycles. The van der Waals surface area contributed by atoms with Crippen LogP contribution >= 0.6 is 12.6 Å². The molecule has 0 spiro atoms. The third-order valence-electron chi connectivity index (χ3n) is 1.86. The summed E-state index contributed by atoms with van der Waals surface area (Å²) in [7, 11) is 0. The highest BCUT2D eigenvalue weighted by molar-refractivity contribution is 7.80. The van der Waals surface area contributed by atoms with E-state index in [4.69, 9.17) is 5.73 Å². The van der Waals surface area contributed by atoms with Gasteiger partial charge in [0, 0.05) is 10.9 Å². The van der Waals surface area contributed by atoms with Gasteiger partial charge in [-0.05, 0) is 31.4 Å². The van der Waals surface area contributed by atoms with Crippen LogP contribution in [-0.2, 0) is 6.42 Å². The molecule has 2 N–H and O–H groups in total. The molecule has 1 rings (SSSR count). The highest BCUT2D eigenvalue weighted by Crippen LogP contribution is 2.14. The maximum atomic E-state index is 5.67. The van der Waals surface area contributed by atoms with Crippen LogP contribution in [0.25, 0.3) is 0 Å². The average molecular weight is 181 g/mol. The molecule has 0 saturated heterocycles. The molecule has 1 atom stereocenters. The molecule has 0 bridgehead atoms. The van der Waals surface area contributed by atoms with Gasteiger partial charge in [0.05, 0.1) is 0 Å². The number of hydrogen-bond acceptors (Lipinski definition) is 2. The van der Waals surface area contributed by atoms with Gasteiger partial charge in [0.15, 0.2) is 0 Å². The minimum atomic E-state index is 0.276. The Kier molecular flexibility index (Phi) is 3.63. The van der Waals surface area contributed by atoms with Gasteiger partial charge in [0.2, 0.25) is 0 Å². The van der Waals surface area contributed by atoms with E-state index in [1.165, 1.54) is 5.56 Å². The molecular formula is C10H15NS. The number of benzene rings is 1. The Bertz CT molecular complexity index is 245. The second-order valence-electron chi connectivity index (χ2n) is 3.14. The summed E-state index contributed by atoms with van der Waals surface area (Å²) in [4.78, 5) is 1.07. The topological polar surface area (TPSA) is 26.0 Å². The SMILES string of the molecule is CC(N)CCc1ccccc1S. The van der Waals surface area contributed by atoms with E-state index >= 15 is 0 Å². The Morgan fingerprint density at radius 3 is 2.67 bits per heavy atom. The van der Waals surface area contributed by atoms with Crippen LogP contribution in [0.5, 0.6) is 0 Å². The monoisotopic (exact) mass is 181 g/mol. The van der Waals surface area contributed by atoms with Crippen molar-refractivity contribution in [2.45, 2.75) is 30.7 Å². The van der Waals surface area contributed by atoms with Gasteiger partial charge in [-0.1, -0.05) is 18.2 Å². The van der Waals surface area contributed by atoms with E-state index in [9.17, 15) is 0 Å². The van der Waals surface area contributed by atoms with Gasteiger partial charge in [0.25, 0.3) is 0 Å². The molecular weight excluding hydrogens is 166 g/mol. The number of hydrogen-bond donors (Lipinski definition) is 2. The smallest absolute Gasteiger partial charge is 0.00720 e. The summed E-state index contributed by atoms with van der Waals surface area (Å²) in [6.45, 7) is 2.03. The normalized spacial score (nSPS) is 12.9. The largest absolute Gasteiger partial charge is 0.328 e. The number of rotatable bonds is 3. The van der Waals surface area contributed by atoms with E-state index in [1.807, 2.05) is 25.1 Å². The Labute approximate surface area is 79.4 Å². The summed E-state index contributed by atoms with van der Waals surface area (Å²) in [5.74, 6) is 0. The fourth-order valence-electron chi connectivity index (χ4n) is 1.11. The maximum Gasteiger partial charge on any atom is 0.00720 e. The first-order valence-electron chi connectivity index (χ1n) is 4.22. The molecule has 1 aromatic rings. The van der Waals surface area contributed by atoms with Crippen molar-refractivity contribution in [3.8, 4) is 0 Å². The van der Waals surface area contributed by atoms with E-state index < -0.39 is 0 Å². The Morgan fingerprint density at radius 1 is 1.42 bits per heavy atom. The average Bonchev–Trinajstić information content (AvgIpc) is 2.03. The van der Waals surface area contributed by atoms with Gasteiger partial charge in [-0.2, -0.15) is 0 Å². The Morgan fingerprint density at radius 2 is 2.08 bits per heavy atom. The lowest BCUT2D eigenvalue weighted by molar-refractivity contribution is 0.662. The summed E-state index contributed by atoms with van der Waals surface area (Å²) in [5.41, 5.74) is 6.96. The minimum absolute atomic E-state index is 0.276. The molecule has 1 nitrogen and oxygen atoms in total. The summed E-state index contributed by atoms with van der Waals surface area (Å²) < 4.78 is 0. The van der Waals surface area contributed by atoms with Crippen molar-refractivity contribution >= 4 is 12.6 Å². The molecule has 0 aliphatic carbocycles. The molecule has 66 valence electrons. The zero-order valence-corrected chi connectivity index (χ0v) is 8.22. The third kappa shape index (κ3) is 2.88. The fourth-order valence-corrected chi connectivity index (χ4v) is 1.38. The molecule has 2 heteroatoms. The molecule has 1 aromatic carbocycles. The molecule has 0 heterocycles. The molecule has 0 aliphatic rings. The van der Waals surface area contributed by atoms with Crippen LogP contribution in [-0.4, -0.2) is 6.04 Å². The van der Waals surface area contributed by atoms with E-state index in [2.05, 4.69) is 18.7 Å². The van der Waals surface area contributed by atoms with Crippen molar-refractivity contribution in [1.82, 2.24) is 0 Å². The van der Waals surface area contributed by atoms with Gasteiger partial charge in [-0.25, -0.2) is 0 Å². The molecule has 12 heavy (non-hydrogen) atoms. The zero-order valence-electron chi connectivity index (χ0n) is 7.33. The fraction of sp³-hybridized carbons (Fsp3) is 0.400. The van der Waals surface area contributed by atoms with Gasteiger partial charge in [-0.15, -0.1) is 12.6 Å². The summed E-state index contributed by atoms with van der Waals surface area (Å²) >= 11 is 4.36. The van der Waals surface area contributed by atoms with E-state index in [0.29, 0.717) is 0 Å². The second-order valence-corrected chi connectivity index (χ2v) is 3.63. The lowest BCUT2D eigenvalue weighted by Gasteiger charge is -2.06. The van der Waals surface area contributed by atoms with Crippen molar-refractivity contribution in [1.29, 1.82) is 0 Å². The van der Waals surface area contributed by atoms with Crippen molar-refractivity contribution in [2.75, 3.05) is 0 Å². The van der Waals surface area contributed by atoms with Gasteiger partial charge >= 0.3 is 0 Å². The van der Waals surface area contributed by atoms with Crippen LogP contribution in [0, 0.1) is 0 Å². The highest BCUT2D eigenvalue weighted by atomic mass is 32.1. The van der Waals surface area contributed by atoms with Crippen LogP contribution < -0.4 is 5.73 Å². The van der Waals surface area contributed by atoms with Gasteiger partial charge in [-0.3, -0.25) is 0 Å². The second kappa shape index (κ2) is 4.53. The predicted molar refractivity (Wildman–Crippen MR) is 55.7 cm³/mol. The summed E-state index contributed by atoms with van der Waals surface area (Å²) in [5, 5.41) is 0. The van der Waals surface area contributed by atoms with Gasteiger partial charge < -0.3 is 5.73 Å². The third-order valence-corrected chi connectivity index (χ3v) is 2.30. The van der Waals surface area contributed by atoms with Crippen molar-refractivity contribution < 1.29 is 0 Å². The van der Waals surface area contributed by atoms with E-state index in [-0.39, 0.29) is 6.04 Å². The molecule has 0 amide bonds. The first-order chi connectivity index (χ1) is 5.70. The van der Waals surface area contributed by atoms with Crippen LogP contribution in [0.15, 0.2) is 29.2 Å². The standard InChI is InChI=1S/C10H15NS/c1-8(11)6-7-9-4-2-3-5-10(9)12/h2-5,8,12H,6-7,11H2,1H3. The molecule has 0 aliphatic heterocycles. The first kappa shape index (κ1) is 9.62. The van der Waals surface area contributed by atoms with Crippen molar-refractivity contribution in [3.63, 3.8) is 0 Å². The maximum absolute atomic E-state index is 5.67. The summed E-state index contributed by atoms with van der Waals surface area (Å²) in [6, 6.07) is 8.43. The zero-order chi connectivity index (χ0) is 8.97. The lowest BCUT2D eigenvalue weighted by Crippen LogP contribution is -2.15. The molecule has 0 fully saturated rings. The number of thiol groups is 1. The van der Waals surface area contributed by atoms with Crippen LogP contribution in [0.3, 0.4) is 0 Å². The van der Waals surface area contributed by atoms with E-state index in [1.54, 1.807) is 0 Å².